The van der Waals surface area contributed by atoms with Crippen molar-refractivity contribution >= 4 is 92.5 Å². The second-order valence-corrected chi connectivity index (χ2v) is 11.7. The van der Waals surface area contributed by atoms with Gasteiger partial charge in [-0.25, -0.2) is 0 Å². The molecule has 0 bridgehead atoms. The fraction of sp³-hybridized carbons (Fsp3) is 0.267. The number of hydrogen-bond acceptors (Lipinski definition) is 11. The third kappa shape index (κ3) is 17.0. The van der Waals surface area contributed by atoms with E-state index in [4.69, 9.17) is 36.7 Å². The normalized spacial score (nSPS) is 10.0. The number of rotatable bonds is 16. The molecule has 0 aliphatic heterocycles. The summed E-state index contributed by atoms with van der Waals surface area (Å²) in [7, 11) is 3.38. The van der Waals surface area contributed by atoms with Crippen molar-refractivity contribution in [2.75, 3.05) is 69.3 Å². The fourth-order valence-electron chi connectivity index (χ4n) is 3.84. The van der Waals surface area contributed by atoms with Gasteiger partial charge in [0, 0.05) is 107 Å². The van der Waals surface area contributed by atoms with Gasteiger partial charge in [0.05, 0.1) is 14.8 Å². The highest BCUT2D eigenvalue weighted by molar-refractivity contribution is 7.80. The van der Waals surface area contributed by atoms with E-state index in [0.717, 1.165) is 6.41 Å². The molecule has 3 aromatic rings. The predicted molar refractivity (Wildman–Crippen MR) is 208 cm³/mol. The number of nitrogens with one attached hydrogen (secondary N) is 6. The molecule has 0 radical (unpaired) electrons. The first-order valence-electron chi connectivity index (χ1n) is 15.0. The van der Waals surface area contributed by atoms with Crippen LogP contribution in [0.15, 0.2) is 72.8 Å². The van der Waals surface area contributed by atoms with E-state index in [2.05, 4.69) is 36.8 Å². The first-order valence-corrected chi connectivity index (χ1v) is 16.2. The molecule has 0 aliphatic rings. The first kappa shape index (κ1) is 41.5. The number of nitro benzene ring substituents is 3. The van der Waals surface area contributed by atoms with Gasteiger partial charge in [0.2, 0.25) is 6.41 Å². The Kier molecular flexibility index (Phi) is 18.0. The first-order chi connectivity index (χ1) is 24.3. The van der Waals surface area contributed by atoms with Gasteiger partial charge in [-0.1, -0.05) is 0 Å². The van der Waals surface area contributed by atoms with Gasteiger partial charge in [0.25, 0.3) is 17.1 Å². The molecule has 1 amide bonds. The summed E-state index contributed by atoms with van der Waals surface area (Å²) in [6.45, 7) is 3.19. The van der Waals surface area contributed by atoms with Crippen molar-refractivity contribution in [1.82, 2.24) is 25.8 Å². The molecule has 0 aromatic heterocycles. The lowest BCUT2D eigenvalue weighted by Crippen LogP contribution is -2.44. The van der Waals surface area contributed by atoms with E-state index in [-0.39, 0.29) is 17.1 Å². The Morgan fingerprint density at radius 2 is 0.804 bits per heavy atom. The number of nitro groups is 3. The van der Waals surface area contributed by atoms with Gasteiger partial charge in [-0.3, -0.25) is 40.0 Å². The number of non-ortho nitro benzene ring substituents is 3. The number of carbonyl (C=O) groups excluding carboxylic acids is 1. The largest absolute Gasteiger partial charge is 0.361 e. The van der Waals surface area contributed by atoms with E-state index in [9.17, 15) is 35.1 Å². The highest BCUT2D eigenvalue weighted by Gasteiger charge is 2.10. The molecule has 0 saturated heterocycles. The van der Waals surface area contributed by atoms with Crippen LogP contribution >= 0.6 is 36.7 Å². The zero-order chi connectivity index (χ0) is 37.8. The van der Waals surface area contributed by atoms with Gasteiger partial charge in [-0.05, 0) is 73.1 Å². The summed E-state index contributed by atoms with van der Waals surface area (Å²) in [6, 6.07) is 17.7. The van der Waals surface area contributed by atoms with Crippen LogP contribution in [-0.2, 0) is 4.79 Å². The van der Waals surface area contributed by atoms with Gasteiger partial charge >= 0.3 is 0 Å². The Balaban J connectivity index is 0.00000168. The number of nitrogens with zero attached hydrogens (tertiary/aromatic N) is 5. The standard InChI is InChI=1S/C27H30N10O6S3.C3H7NO/c38-35(39)22-7-1-19(2-8-22)31-25(44)28-13-16-34(17-14-29-26(45)32-20-3-9-23(10-4-20)36(40)41)18-15-30-27(46)33-21-5-11-24(12-6-21)37(42)43;1-4(2)3-5/h1-12H,13-18H2,(H2,28,31,44)(H2,29,32,45)(H2,30,33,46);3H,1-2H3. The summed E-state index contributed by atoms with van der Waals surface area (Å²) in [5.74, 6) is 0. The molecule has 272 valence electrons. The van der Waals surface area contributed by atoms with E-state index in [0.29, 0.717) is 71.7 Å². The quantitative estimate of drug-likeness (QED) is 0.0530. The molecular formula is C30H37N11O7S3. The maximum Gasteiger partial charge on any atom is 0.269 e. The Labute approximate surface area is 309 Å². The van der Waals surface area contributed by atoms with Crippen LogP contribution in [0.5, 0.6) is 0 Å². The maximum absolute atomic E-state index is 10.9. The van der Waals surface area contributed by atoms with Crippen LogP contribution < -0.4 is 31.9 Å². The average molecular weight is 760 g/mol. The molecule has 51 heavy (non-hydrogen) atoms. The van der Waals surface area contributed by atoms with Crippen molar-refractivity contribution in [3.8, 4) is 0 Å². The zero-order valence-electron chi connectivity index (χ0n) is 27.6. The van der Waals surface area contributed by atoms with E-state index in [1.165, 1.54) is 41.3 Å². The van der Waals surface area contributed by atoms with Crippen LogP contribution in [0, 0.1) is 30.3 Å². The van der Waals surface area contributed by atoms with E-state index < -0.39 is 14.8 Å². The van der Waals surface area contributed by atoms with Gasteiger partial charge in [0.1, 0.15) is 0 Å². The molecule has 3 aromatic carbocycles. The summed E-state index contributed by atoms with van der Waals surface area (Å²) in [5.41, 5.74) is 1.76. The predicted octanol–water partition coefficient (Wildman–Crippen LogP) is 3.68. The molecule has 0 saturated carbocycles. The Hall–Kier alpha value is -5.64. The minimum atomic E-state index is -0.477. The van der Waals surface area contributed by atoms with Crippen molar-refractivity contribution < 1.29 is 19.6 Å². The Bertz CT molecular complexity index is 1460. The lowest BCUT2D eigenvalue weighted by Gasteiger charge is -2.24. The van der Waals surface area contributed by atoms with Crippen molar-refractivity contribution in [2.45, 2.75) is 0 Å². The lowest BCUT2D eigenvalue weighted by atomic mass is 10.3. The molecule has 0 fully saturated rings. The second kappa shape index (κ2) is 22.2. The summed E-state index contributed by atoms with van der Waals surface area (Å²) < 4.78 is 0. The Morgan fingerprint density at radius 3 is 1.00 bits per heavy atom. The minimum absolute atomic E-state index is 0.0212. The monoisotopic (exact) mass is 759 g/mol. The van der Waals surface area contributed by atoms with Crippen LogP contribution in [0.2, 0.25) is 0 Å². The number of benzene rings is 3. The molecule has 21 heteroatoms. The second-order valence-electron chi connectivity index (χ2n) is 10.5. The third-order valence-electron chi connectivity index (χ3n) is 6.36. The van der Waals surface area contributed by atoms with Crippen molar-refractivity contribution in [3.05, 3.63) is 103 Å². The van der Waals surface area contributed by atoms with Crippen LogP contribution in [0.25, 0.3) is 0 Å². The maximum atomic E-state index is 10.9. The lowest BCUT2D eigenvalue weighted by molar-refractivity contribution is -0.385. The number of hydrogen-bond donors (Lipinski definition) is 6. The number of anilines is 3. The van der Waals surface area contributed by atoms with Gasteiger partial charge in [-0.15, -0.1) is 0 Å². The third-order valence-corrected chi connectivity index (χ3v) is 7.10. The molecule has 0 atom stereocenters. The average Bonchev–Trinajstić information content (AvgIpc) is 3.09. The molecule has 3 rings (SSSR count). The Morgan fingerprint density at radius 1 is 0.569 bits per heavy atom. The molecule has 18 nitrogen and oxygen atoms in total. The summed E-state index contributed by atoms with van der Waals surface area (Å²) in [5, 5.41) is 52.0. The molecule has 0 aliphatic carbocycles. The fourth-order valence-corrected chi connectivity index (χ4v) is 4.50. The van der Waals surface area contributed by atoms with Gasteiger partial charge < -0.3 is 36.8 Å². The smallest absolute Gasteiger partial charge is 0.269 e. The molecule has 0 unspecified atom stereocenters. The minimum Gasteiger partial charge on any atom is -0.361 e. The summed E-state index contributed by atoms with van der Waals surface area (Å²) >= 11 is 16.1. The molecule has 0 heterocycles. The molecule has 0 spiro atoms. The van der Waals surface area contributed by atoms with E-state index >= 15 is 0 Å². The number of carbonyl (C=O) groups is 1. The van der Waals surface area contributed by atoms with E-state index in [1.54, 1.807) is 50.5 Å². The highest BCUT2D eigenvalue weighted by Crippen LogP contribution is 2.17. The van der Waals surface area contributed by atoms with Crippen molar-refractivity contribution in [2.24, 2.45) is 0 Å². The number of amides is 1. The van der Waals surface area contributed by atoms with Crippen LogP contribution in [0.1, 0.15) is 0 Å². The van der Waals surface area contributed by atoms with Crippen LogP contribution in [-0.4, -0.2) is 99.7 Å². The zero-order valence-corrected chi connectivity index (χ0v) is 30.0. The van der Waals surface area contributed by atoms with Crippen molar-refractivity contribution in [1.29, 1.82) is 0 Å². The van der Waals surface area contributed by atoms with Crippen LogP contribution in [0.4, 0.5) is 34.1 Å². The summed E-state index contributed by atoms with van der Waals surface area (Å²) in [6.07, 6.45) is 0.750. The molecular weight excluding hydrogens is 723 g/mol. The summed E-state index contributed by atoms with van der Waals surface area (Å²) in [4.78, 5) is 44.2. The van der Waals surface area contributed by atoms with E-state index in [1.807, 2.05) is 0 Å². The molecule has 6 N–H and O–H groups in total. The van der Waals surface area contributed by atoms with Gasteiger partial charge in [-0.2, -0.15) is 0 Å². The SMILES string of the molecule is CN(C)C=O.O=[N+]([O-])c1ccc(NC(=S)NCCN(CCNC(=S)Nc2ccc([N+](=O)[O-])cc2)CCNC(=S)Nc2ccc([N+](=O)[O-])cc2)cc1. The number of thiocarbonyl (C=S) groups is 3. The highest BCUT2D eigenvalue weighted by atomic mass is 32.1. The van der Waals surface area contributed by atoms with Crippen LogP contribution in [0.3, 0.4) is 0 Å². The topological polar surface area (TPSA) is 225 Å². The van der Waals surface area contributed by atoms with Crippen molar-refractivity contribution in [3.63, 3.8) is 0 Å². The van der Waals surface area contributed by atoms with Gasteiger partial charge in [0.15, 0.2) is 15.3 Å².